The van der Waals surface area contributed by atoms with E-state index in [1.807, 2.05) is 24.3 Å². The molecule has 0 aromatic heterocycles. The number of anilines is 1. The Hall–Kier alpha value is -1.29. The summed E-state index contributed by atoms with van der Waals surface area (Å²) in [5.41, 5.74) is 0.915. The predicted octanol–water partition coefficient (Wildman–Crippen LogP) is 4.09. The Morgan fingerprint density at radius 1 is 1.10 bits per heavy atom. The van der Waals surface area contributed by atoms with Crippen LogP contribution in [0.5, 0.6) is 5.75 Å². The van der Waals surface area contributed by atoms with Crippen molar-refractivity contribution in [2.24, 2.45) is 0 Å². The first-order chi connectivity index (χ1) is 9.79. The number of benzene rings is 1. The number of hydrogen-bond acceptors (Lipinski definition) is 2. The number of thiocarbonyl (C=S) groups is 1. The molecule has 110 valence electrons. The van der Waals surface area contributed by atoms with Crippen LogP contribution in [0.2, 0.25) is 0 Å². The molecule has 1 saturated carbocycles. The van der Waals surface area contributed by atoms with Crippen molar-refractivity contribution in [3.8, 4) is 5.75 Å². The van der Waals surface area contributed by atoms with Gasteiger partial charge in [0.2, 0.25) is 0 Å². The second-order valence-electron chi connectivity index (χ2n) is 5.34. The van der Waals surface area contributed by atoms with Crippen LogP contribution in [0.15, 0.2) is 24.3 Å². The fourth-order valence-electron chi connectivity index (χ4n) is 2.69. The molecule has 2 rings (SSSR count). The van der Waals surface area contributed by atoms with Gasteiger partial charge in [-0.2, -0.15) is 0 Å². The van der Waals surface area contributed by atoms with Crippen LogP contribution in [0, 0.1) is 0 Å². The number of nitrogens with one attached hydrogen (secondary N) is 2. The fraction of sp³-hybridized carbons (Fsp3) is 0.562. The highest BCUT2D eigenvalue weighted by molar-refractivity contribution is 7.80. The summed E-state index contributed by atoms with van der Waals surface area (Å²) in [6.07, 6.45) is 9.12. The highest BCUT2D eigenvalue weighted by atomic mass is 32.1. The van der Waals surface area contributed by atoms with Gasteiger partial charge in [0.05, 0.1) is 12.8 Å². The molecule has 0 amide bonds. The highest BCUT2D eigenvalue weighted by Gasteiger charge is 2.13. The minimum absolute atomic E-state index is 0.505. The summed E-state index contributed by atoms with van der Waals surface area (Å²) >= 11 is 5.42. The maximum absolute atomic E-state index is 5.42. The van der Waals surface area contributed by atoms with Gasteiger partial charge in [-0.1, -0.05) is 44.2 Å². The van der Waals surface area contributed by atoms with E-state index in [0.717, 1.165) is 11.4 Å². The number of ether oxygens (including phenoxy) is 1. The molecule has 1 fully saturated rings. The lowest BCUT2D eigenvalue weighted by atomic mass is 9.97. The third-order valence-electron chi connectivity index (χ3n) is 3.80. The Bertz CT molecular complexity index is 428. The maximum Gasteiger partial charge on any atom is 0.171 e. The molecule has 0 heterocycles. The molecule has 1 aliphatic rings. The summed E-state index contributed by atoms with van der Waals surface area (Å²) in [6, 6.07) is 8.34. The number of methoxy groups -OCH3 is 1. The van der Waals surface area contributed by atoms with E-state index in [1.54, 1.807) is 7.11 Å². The fourth-order valence-corrected chi connectivity index (χ4v) is 2.97. The van der Waals surface area contributed by atoms with Gasteiger partial charge in [-0.3, -0.25) is 0 Å². The van der Waals surface area contributed by atoms with E-state index in [9.17, 15) is 0 Å². The summed E-state index contributed by atoms with van der Waals surface area (Å²) < 4.78 is 5.32. The summed E-state index contributed by atoms with van der Waals surface area (Å²) in [5.74, 6) is 0.814. The van der Waals surface area contributed by atoms with Gasteiger partial charge in [-0.15, -0.1) is 0 Å². The third-order valence-corrected chi connectivity index (χ3v) is 4.02. The minimum Gasteiger partial charge on any atom is -0.495 e. The van der Waals surface area contributed by atoms with Crippen LogP contribution in [-0.4, -0.2) is 18.3 Å². The van der Waals surface area contributed by atoms with Crippen LogP contribution in [0.1, 0.15) is 44.9 Å². The highest BCUT2D eigenvalue weighted by Crippen LogP contribution is 2.23. The average molecular weight is 292 g/mol. The molecule has 1 aliphatic carbocycles. The first-order valence-electron chi connectivity index (χ1n) is 7.50. The van der Waals surface area contributed by atoms with Gasteiger partial charge in [-0.25, -0.2) is 0 Å². The normalized spacial score (nSPS) is 16.9. The third kappa shape index (κ3) is 4.67. The van der Waals surface area contributed by atoms with Crippen LogP contribution < -0.4 is 15.4 Å². The predicted molar refractivity (Wildman–Crippen MR) is 88.5 cm³/mol. The molecule has 0 atom stereocenters. The van der Waals surface area contributed by atoms with Crippen LogP contribution in [0.4, 0.5) is 5.69 Å². The molecule has 4 heteroatoms. The van der Waals surface area contributed by atoms with Crippen molar-refractivity contribution >= 4 is 23.0 Å². The standard InChI is InChI=1S/C16H24N2OS/c1-19-15-12-8-7-11-14(15)18-16(20)17-13-9-5-3-2-4-6-10-13/h7-8,11-13H,2-6,9-10H2,1H3,(H2,17,18,20). The van der Waals surface area contributed by atoms with E-state index >= 15 is 0 Å². The van der Waals surface area contributed by atoms with E-state index in [4.69, 9.17) is 17.0 Å². The zero-order chi connectivity index (χ0) is 14.2. The van der Waals surface area contributed by atoms with Crippen molar-refractivity contribution < 1.29 is 4.74 Å². The average Bonchev–Trinajstić information content (AvgIpc) is 2.42. The molecular weight excluding hydrogens is 268 g/mol. The van der Waals surface area contributed by atoms with Crippen LogP contribution in [0.3, 0.4) is 0 Å². The molecule has 0 saturated heterocycles. The minimum atomic E-state index is 0.505. The molecule has 1 aromatic rings. The van der Waals surface area contributed by atoms with Gasteiger partial charge in [-0.05, 0) is 37.2 Å². The van der Waals surface area contributed by atoms with Crippen molar-refractivity contribution in [2.75, 3.05) is 12.4 Å². The summed E-state index contributed by atoms with van der Waals surface area (Å²) in [6.45, 7) is 0. The molecule has 1 aromatic carbocycles. The molecule has 0 unspecified atom stereocenters. The van der Waals surface area contributed by atoms with Crippen molar-refractivity contribution in [1.82, 2.24) is 5.32 Å². The van der Waals surface area contributed by atoms with Crippen molar-refractivity contribution in [1.29, 1.82) is 0 Å². The van der Waals surface area contributed by atoms with E-state index in [0.29, 0.717) is 11.2 Å². The molecule has 2 N–H and O–H groups in total. The van der Waals surface area contributed by atoms with Gasteiger partial charge in [0.15, 0.2) is 5.11 Å². The Balaban J connectivity index is 1.87. The quantitative estimate of drug-likeness (QED) is 0.822. The smallest absolute Gasteiger partial charge is 0.171 e. The number of para-hydroxylation sites is 2. The van der Waals surface area contributed by atoms with Gasteiger partial charge in [0, 0.05) is 6.04 Å². The zero-order valence-electron chi connectivity index (χ0n) is 12.2. The molecule has 0 bridgehead atoms. The Morgan fingerprint density at radius 2 is 1.75 bits per heavy atom. The monoisotopic (exact) mass is 292 g/mol. The molecule has 0 radical (unpaired) electrons. The topological polar surface area (TPSA) is 33.3 Å². The van der Waals surface area contributed by atoms with Gasteiger partial charge >= 0.3 is 0 Å². The first-order valence-corrected chi connectivity index (χ1v) is 7.91. The zero-order valence-corrected chi connectivity index (χ0v) is 13.0. The van der Waals surface area contributed by atoms with Crippen molar-refractivity contribution in [3.05, 3.63) is 24.3 Å². The summed E-state index contributed by atoms with van der Waals surface area (Å²) in [7, 11) is 1.67. The Morgan fingerprint density at radius 3 is 2.45 bits per heavy atom. The summed E-state index contributed by atoms with van der Waals surface area (Å²) in [4.78, 5) is 0. The van der Waals surface area contributed by atoms with E-state index in [2.05, 4.69) is 10.6 Å². The second kappa shape index (κ2) is 8.10. The Labute approximate surface area is 127 Å². The SMILES string of the molecule is COc1ccccc1NC(=S)NC1CCCCCCC1. The molecule has 3 nitrogen and oxygen atoms in total. The van der Waals surface area contributed by atoms with Gasteiger partial charge < -0.3 is 15.4 Å². The maximum atomic E-state index is 5.42. The second-order valence-corrected chi connectivity index (χ2v) is 5.75. The Kier molecular flexibility index (Phi) is 6.12. The van der Waals surface area contributed by atoms with E-state index in [-0.39, 0.29) is 0 Å². The van der Waals surface area contributed by atoms with Gasteiger partial charge in [0.1, 0.15) is 5.75 Å². The molecule has 0 aliphatic heterocycles. The molecule has 0 spiro atoms. The first kappa shape index (κ1) is 15.1. The number of rotatable bonds is 3. The van der Waals surface area contributed by atoms with Crippen molar-refractivity contribution in [2.45, 2.75) is 51.0 Å². The summed E-state index contributed by atoms with van der Waals surface area (Å²) in [5, 5.41) is 7.39. The van der Waals surface area contributed by atoms with Gasteiger partial charge in [0.25, 0.3) is 0 Å². The van der Waals surface area contributed by atoms with Crippen LogP contribution in [-0.2, 0) is 0 Å². The molecular formula is C16H24N2OS. The lowest BCUT2D eigenvalue weighted by Gasteiger charge is -2.23. The number of hydrogen-bond donors (Lipinski definition) is 2. The lowest BCUT2D eigenvalue weighted by Crippen LogP contribution is -2.38. The van der Waals surface area contributed by atoms with E-state index < -0.39 is 0 Å². The lowest BCUT2D eigenvalue weighted by molar-refractivity contribution is 0.416. The van der Waals surface area contributed by atoms with Crippen molar-refractivity contribution in [3.63, 3.8) is 0 Å². The van der Waals surface area contributed by atoms with Crippen LogP contribution >= 0.6 is 12.2 Å². The largest absolute Gasteiger partial charge is 0.495 e. The molecule has 20 heavy (non-hydrogen) atoms. The van der Waals surface area contributed by atoms with Crippen LogP contribution in [0.25, 0.3) is 0 Å². The van der Waals surface area contributed by atoms with E-state index in [1.165, 1.54) is 44.9 Å².